The van der Waals surface area contributed by atoms with Gasteiger partial charge in [-0.2, -0.15) is 0 Å². The summed E-state index contributed by atoms with van der Waals surface area (Å²) < 4.78 is 0. The van der Waals surface area contributed by atoms with E-state index < -0.39 is 0 Å². The SMILES string of the molecule is CCCCCN(C)C(=O)C1CCCC(C)C1N. The number of rotatable bonds is 5. The number of carbonyl (C=O) groups is 1. The molecular weight excluding hydrogens is 212 g/mol. The summed E-state index contributed by atoms with van der Waals surface area (Å²) in [6.45, 7) is 5.23. The van der Waals surface area contributed by atoms with Crippen LogP contribution < -0.4 is 5.73 Å². The molecule has 2 N–H and O–H groups in total. The Balaban J connectivity index is 2.44. The van der Waals surface area contributed by atoms with Crippen molar-refractivity contribution in [2.24, 2.45) is 17.6 Å². The molecule has 100 valence electrons. The number of hydrogen-bond acceptors (Lipinski definition) is 2. The highest BCUT2D eigenvalue weighted by Gasteiger charge is 2.34. The second-order valence-electron chi connectivity index (χ2n) is 5.56. The van der Waals surface area contributed by atoms with Gasteiger partial charge in [0.05, 0.1) is 5.92 Å². The molecule has 1 fully saturated rings. The summed E-state index contributed by atoms with van der Waals surface area (Å²) in [6, 6.07) is 0.0601. The standard InChI is InChI=1S/C14H28N2O/c1-4-5-6-10-16(3)14(17)12-9-7-8-11(2)13(12)15/h11-13H,4-10,15H2,1-3H3. The minimum Gasteiger partial charge on any atom is -0.345 e. The lowest BCUT2D eigenvalue weighted by atomic mass is 9.77. The van der Waals surface area contributed by atoms with Crippen LogP contribution in [-0.4, -0.2) is 30.4 Å². The summed E-state index contributed by atoms with van der Waals surface area (Å²) in [7, 11) is 1.92. The normalized spacial score (nSPS) is 29.1. The Bertz CT molecular complexity index is 242. The smallest absolute Gasteiger partial charge is 0.226 e. The maximum absolute atomic E-state index is 12.3. The van der Waals surface area contributed by atoms with E-state index >= 15 is 0 Å². The minimum absolute atomic E-state index is 0.0601. The van der Waals surface area contributed by atoms with Gasteiger partial charge >= 0.3 is 0 Å². The van der Waals surface area contributed by atoms with Crippen molar-refractivity contribution in [1.82, 2.24) is 4.90 Å². The Kier molecular flexibility index (Phi) is 5.96. The first-order chi connectivity index (χ1) is 8.07. The molecule has 0 aromatic rings. The van der Waals surface area contributed by atoms with E-state index in [0.717, 1.165) is 25.8 Å². The van der Waals surface area contributed by atoms with Gasteiger partial charge in [-0.3, -0.25) is 4.79 Å². The zero-order valence-electron chi connectivity index (χ0n) is 11.6. The fourth-order valence-electron chi connectivity index (χ4n) is 2.72. The Hall–Kier alpha value is -0.570. The Labute approximate surface area is 106 Å². The van der Waals surface area contributed by atoms with Gasteiger partial charge in [0.2, 0.25) is 5.91 Å². The molecule has 0 aliphatic heterocycles. The number of carbonyl (C=O) groups excluding carboxylic acids is 1. The molecule has 1 aliphatic carbocycles. The highest BCUT2D eigenvalue weighted by molar-refractivity contribution is 5.79. The van der Waals surface area contributed by atoms with Crippen molar-refractivity contribution in [3.8, 4) is 0 Å². The zero-order valence-corrected chi connectivity index (χ0v) is 11.6. The highest BCUT2D eigenvalue weighted by atomic mass is 16.2. The summed E-state index contributed by atoms with van der Waals surface area (Å²) in [5.41, 5.74) is 6.17. The Morgan fingerprint density at radius 3 is 2.71 bits per heavy atom. The van der Waals surface area contributed by atoms with Gasteiger partial charge in [-0.25, -0.2) is 0 Å². The van der Waals surface area contributed by atoms with Gasteiger partial charge in [0, 0.05) is 19.6 Å². The summed E-state index contributed by atoms with van der Waals surface area (Å²) in [4.78, 5) is 14.2. The Morgan fingerprint density at radius 2 is 2.06 bits per heavy atom. The fraction of sp³-hybridized carbons (Fsp3) is 0.929. The van der Waals surface area contributed by atoms with Gasteiger partial charge in [0.15, 0.2) is 0 Å². The van der Waals surface area contributed by atoms with Crippen LogP contribution in [0.3, 0.4) is 0 Å². The van der Waals surface area contributed by atoms with Crippen LogP contribution in [0, 0.1) is 11.8 Å². The van der Waals surface area contributed by atoms with E-state index in [1.54, 1.807) is 0 Å². The third-order valence-electron chi connectivity index (χ3n) is 4.09. The van der Waals surface area contributed by atoms with E-state index in [0.29, 0.717) is 5.92 Å². The maximum Gasteiger partial charge on any atom is 0.226 e. The number of nitrogens with two attached hydrogens (primary N) is 1. The van der Waals surface area contributed by atoms with Crippen LogP contribution in [0.15, 0.2) is 0 Å². The van der Waals surface area contributed by atoms with Gasteiger partial charge in [-0.15, -0.1) is 0 Å². The minimum atomic E-state index is 0.0601. The molecule has 3 unspecified atom stereocenters. The van der Waals surface area contributed by atoms with Crippen LogP contribution in [0.1, 0.15) is 52.4 Å². The lowest BCUT2D eigenvalue weighted by Crippen LogP contribution is -2.48. The number of unbranched alkanes of at least 4 members (excludes halogenated alkanes) is 2. The Morgan fingerprint density at radius 1 is 1.35 bits per heavy atom. The molecule has 0 heterocycles. The first kappa shape index (κ1) is 14.5. The monoisotopic (exact) mass is 240 g/mol. The molecule has 1 saturated carbocycles. The van der Waals surface area contributed by atoms with Gasteiger partial charge < -0.3 is 10.6 Å². The summed E-state index contributed by atoms with van der Waals surface area (Å²) >= 11 is 0. The lowest BCUT2D eigenvalue weighted by molar-refractivity contribution is -0.136. The molecule has 3 atom stereocenters. The van der Waals surface area contributed by atoms with Crippen molar-refractivity contribution in [3.05, 3.63) is 0 Å². The van der Waals surface area contributed by atoms with Crippen molar-refractivity contribution < 1.29 is 4.79 Å². The topological polar surface area (TPSA) is 46.3 Å². The summed E-state index contributed by atoms with van der Waals surface area (Å²) in [6.07, 6.45) is 6.80. The third kappa shape index (κ3) is 3.98. The van der Waals surface area contributed by atoms with Crippen LogP contribution in [0.4, 0.5) is 0 Å². The molecule has 0 radical (unpaired) electrons. The number of nitrogens with zero attached hydrogens (tertiary/aromatic N) is 1. The van der Waals surface area contributed by atoms with Crippen molar-refractivity contribution in [3.63, 3.8) is 0 Å². The van der Waals surface area contributed by atoms with Gasteiger partial charge in [0.1, 0.15) is 0 Å². The number of hydrogen-bond donors (Lipinski definition) is 1. The molecule has 0 aromatic carbocycles. The van der Waals surface area contributed by atoms with Crippen molar-refractivity contribution in [2.45, 2.75) is 58.4 Å². The molecule has 3 nitrogen and oxygen atoms in total. The molecule has 0 aromatic heterocycles. The maximum atomic E-state index is 12.3. The molecular formula is C14H28N2O. The zero-order chi connectivity index (χ0) is 12.8. The van der Waals surface area contributed by atoms with E-state index in [4.69, 9.17) is 5.73 Å². The van der Waals surface area contributed by atoms with Crippen LogP contribution in [0.5, 0.6) is 0 Å². The van der Waals surface area contributed by atoms with E-state index in [9.17, 15) is 4.79 Å². The highest BCUT2D eigenvalue weighted by Crippen LogP contribution is 2.29. The van der Waals surface area contributed by atoms with Gasteiger partial charge in [-0.05, 0) is 25.2 Å². The van der Waals surface area contributed by atoms with Gasteiger partial charge in [0.25, 0.3) is 0 Å². The molecule has 1 amide bonds. The molecule has 0 spiro atoms. The fourth-order valence-corrected chi connectivity index (χ4v) is 2.72. The first-order valence-electron chi connectivity index (χ1n) is 7.08. The molecule has 0 saturated heterocycles. The predicted molar refractivity (Wildman–Crippen MR) is 71.6 cm³/mol. The van der Waals surface area contributed by atoms with Crippen LogP contribution in [0.25, 0.3) is 0 Å². The van der Waals surface area contributed by atoms with Crippen LogP contribution in [0.2, 0.25) is 0 Å². The molecule has 1 aliphatic rings. The third-order valence-corrected chi connectivity index (χ3v) is 4.09. The second-order valence-corrected chi connectivity index (χ2v) is 5.56. The summed E-state index contributed by atoms with van der Waals surface area (Å²) in [5.74, 6) is 0.812. The van der Waals surface area contributed by atoms with Gasteiger partial charge in [-0.1, -0.05) is 33.1 Å². The molecule has 1 rings (SSSR count). The average Bonchev–Trinajstić information content (AvgIpc) is 2.32. The van der Waals surface area contributed by atoms with E-state index in [1.165, 1.54) is 19.3 Å². The largest absolute Gasteiger partial charge is 0.345 e. The van der Waals surface area contributed by atoms with E-state index in [-0.39, 0.29) is 17.9 Å². The second kappa shape index (κ2) is 7.00. The summed E-state index contributed by atoms with van der Waals surface area (Å²) in [5, 5.41) is 0. The molecule has 3 heteroatoms. The number of amides is 1. The van der Waals surface area contributed by atoms with Crippen LogP contribution in [-0.2, 0) is 4.79 Å². The average molecular weight is 240 g/mol. The van der Waals surface area contributed by atoms with Crippen molar-refractivity contribution >= 4 is 5.91 Å². The quantitative estimate of drug-likeness (QED) is 0.750. The molecule has 0 bridgehead atoms. The van der Waals surface area contributed by atoms with Crippen LogP contribution >= 0.6 is 0 Å². The first-order valence-corrected chi connectivity index (χ1v) is 7.08. The molecule has 17 heavy (non-hydrogen) atoms. The van der Waals surface area contributed by atoms with Crippen molar-refractivity contribution in [1.29, 1.82) is 0 Å². The lowest BCUT2D eigenvalue weighted by Gasteiger charge is -2.35. The van der Waals surface area contributed by atoms with E-state index in [1.807, 2.05) is 11.9 Å². The van der Waals surface area contributed by atoms with E-state index in [2.05, 4.69) is 13.8 Å². The predicted octanol–water partition coefficient (Wildman–Crippen LogP) is 2.40. The van der Waals surface area contributed by atoms with Crippen molar-refractivity contribution in [2.75, 3.05) is 13.6 Å².